The molecular weight excluding hydrogens is 576 g/mol. The van der Waals surface area contributed by atoms with Gasteiger partial charge in [-0.15, -0.1) is 0 Å². The van der Waals surface area contributed by atoms with Gasteiger partial charge in [0.25, 0.3) is 0 Å². The van der Waals surface area contributed by atoms with Crippen LogP contribution in [0.5, 0.6) is 17.2 Å². The average Bonchev–Trinajstić information content (AvgIpc) is 3.05. The van der Waals surface area contributed by atoms with E-state index in [1.54, 1.807) is 0 Å². The zero-order chi connectivity index (χ0) is 31.1. The molecule has 5 rings (SSSR count). The Labute approximate surface area is 265 Å². The SMILES string of the molecule is CCOc1ccc(Cc2cc([C@@H]3O[C@H](CC)[C@@H](C)[C@H](OCc4ccccc4)[C@H]3OCc3ccccc3)c(O)c(O)c2Cl)cc1. The van der Waals surface area contributed by atoms with Gasteiger partial charge < -0.3 is 29.2 Å². The predicted molar refractivity (Wildman–Crippen MR) is 172 cm³/mol. The molecule has 232 valence electrons. The van der Waals surface area contributed by atoms with Crippen LogP contribution in [-0.2, 0) is 33.8 Å². The van der Waals surface area contributed by atoms with Gasteiger partial charge >= 0.3 is 0 Å². The van der Waals surface area contributed by atoms with Crippen molar-refractivity contribution in [1.29, 1.82) is 0 Å². The molecule has 0 aromatic heterocycles. The minimum atomic E-state index is -0.720. The number of hydrogen-bond donors (Lipinski definition) is 2. The molecule has 0 aliphatic carbocycles. The van der Waals surface area contributed by atoms with E-state index in [2.05, 4.69) is 13.8 Å². The van der Waals surface area contributed by atoms with E-state index in [1.807, 2.05) is 97.9 Å². The van der Waals surface area contributed by atoms with Crippen molar-refractivity contribution in [3.05, 3.63) is 124 Å². The zero-order valence-electron chi connectivity index (χ0n) is 25.5. The summed E-state index contributed by atoms with van der Waals surface area (Å²) in [5.74, 6) is 0.109. The third-order valence-electron chi connectivity index (χ3n) is 8.27. The highest BCUT2D eigenvalue weighted by atomic mass is 35.5. The number of halogens is 1. The van der Waals surface area contributed by atoms with E-state index in [1.165, 1.54) is 0 Å². The molecule has 1 saturated heterocycles. The van der Waals surface area contributed by atoms with Gasteiger partial charge in [-0.2, -0.15) is 0 Å². The maximum absolute atomic E-state index is 11.3. The molecule has 4 aromatic carbocycles. The summed E-state index contributed by atoms with van der Waals surface area (Å²) in [5, 5.41) is 22.5. The van der Waals surface area contributed by atoms with E-state index >= 15 is 0 Å². The van der Waals surface area contributed by atoms with Crippen molar-refractivity contribution in [1.82, 2.24) is 0 Å². The highest BCUT2D eigenvalue weighted by molar-refractivity contribution is 6.33. The first-order valence-electron chi connectivity index (χ1n) is 15.3. The van der Waals surface area contributed by atoms with Gasteiger partial charge in [0.1, 0.15) is 18.0 Å². The first kappa shape index (κ1) is 31.9. The number of ether oxygens (including phenoxy) is 4. The van der Waals surface area contributed by atoms with Crippen molar-refractivity contribution >= 4 is 11.6 Å². The fourth-order valence-corrected chi connectivity index (χ4v) is 6.11. The summed E-state index contributed by atoms with van der Waals surface area (Å²) < 4.78 is 25.5. The number of phenolic OH excluding ortho intramolecular Hbond substituents is 2. The van der Waals surface area contributed by atoms with Gasteiger partial charge in [0.2, 0.25) is 0 Å². The summed E-state index contributed by atoms with van der Waals surface area (Å²) in [6.45, 7) is 7.47. The van der Waals surface area contributed by atoms with Gasteiger partial charge in [0.15, 0.2) is 11.5 Å². The molecule has 0 saturated carbocycles. The molecule has 0 radical (unpaired) electrons. The molecular formula is C37H41ClO6. The molecule has 1 aliphatic heterocycles. The first-order chi connectivity index (χ1) is 21.4. The third kappa shape index (κ3) is 7.39. The molecule has 4 aromatic rings. The van der Waals surface area contributed by atoms with E-state index < -0.39 is 12.2 Å². The summed E-state index contributed by atoms with van der Waals surface area (Å²) in [6, 6.07) is 29.6. The Balaban J connectivity index is 1.51. The van der Waals surface area contributed by atoms with Crippen molar-refractivity contribution in [2.75, 3.05) is 6.61 Å². The second-order valence-corrected chi connectivity index (χ2v) is 11.7. The molecule has 1 aliphatic rings. The second-order valence-electron chi connectivity index (χ2n) is 11.3. The Morgan fingerprint density at radius 1 is 0.750 bits per heavy atom. The first-order valence-corrected chi connectivity index (χ1v) is 15.7. The molecule has 1 fully saturated rings. The lowest BCUT2D eigenvalue weighted by molar-refractivity contribution is -0.235. The molecule has 5 atom stereocenters. The van der Waals surface area contributed by atoms with E-state index in [0.29, 0.717) is 37.4 Å². The molecule has 0 unspecified atom stereocenters. The van der Waals surface area contributed by atoms with Crippen LogP contribution in [-0.4, -0.2) is 35.1 Å². The summed E-state index contributed by atoms with van der Waals surface area (Å²) in [5.41, 5.74) is 4.14. The topological polar surface area (TPSA) is 77.4 Å². The fraction of sp³-hybridized carbons (Fsp3) is 0.351. The number of hydrogen-bond acceptors (Lipinski definition) is 6. The third-order valence-corrected chi connectivity index (χ3v) is 8.70. The number of benzene rings is 4. The molecule has 0 amide bonds. The Kier molecular flexibility index (Phi) is 10.8. The van der Waals surface area contributed by atoms with Crippen LogP contribution in [0, 0.1) is 5.92 Å². The molecule has 7 heteroatoms. The Morgan fingerprint density at radius 3 is 1.91 bits per heavy atom. The van der Waals surface area contributed by atoms with Gasteiger partial charge in [-0.1, -0.05) is 98.2 Å². The lowest BCUT2D eigenvalue weighted by Gasteiger charge is -2.46. The molecule has 2 N–H and O–H groups in total. The summed E-state index contributed by atoms with van der Waals surface area (Å²) >= 11 is 6.61. The van der Waals surface area contributed by atoms with Crippen molar-refractivity contribution in [2.24, 2.45) is 5.92 Å². The number of aromatic hydroxyl groups is 2. The Hall–Kier alpha value is -3.55. The Morgan fingerprint density at radius 2 is 1.34 bits per heavy atom. The molecule has 0 spiro atoms. The van der Waals surface area contributed by atoms with E-state index in [9.17, 15) is 10.2 Å². The van der Waals surface area contributed by atoms with E-state index in [4.69, 9.17) is 30.5 Å². The Bertz CT molecular complexity index is 1480. The van der Waals surface area contributed by atoms with E-state index in [0.717, 1.165) is 28.9 Å². The monoisotopic (exact) mass is 616 g/mol. The minimum absolute atomic E-state index is 0.00657. The lowest BCUT2D eigenvalue weighted by Crippen LogP contribution is -2.51. The normalized spacial score (nSPS) is 21.7. The summed E-state index contributed by atoms with van der Waals surface area (Å²) in [4.78, 5) is 0. The van der Waals surface area contributed by atoms with Crippen LogP contribution in [0.3, 0.4) is 0 Å². The van der Waals surface area contributed by atoms with Gasteiger partial charge in [0, 0.05) is 11.5 Å². The minimum Gasteiger partial charge on any atom is -0.504 e. The maximum atomic E-state index is 11.3. The molecule has 44 heavy (non-hydrogen) atoms. The van der Waals surface area contributed by atoms with Gasteiger partial charge in [0.05, 0.1) is 37.1 Å². The highest BCUT2D eigenvalue weighted by Gasteiger charge is 2.46. The molecule has 1 heterocycles. The second kappa shape index (κ2) is 15.0. The largest absolute Gasteiger partial charge is 0.504 e. The van der Waals surface area contributed by atoms with Crippen LogP contribution in [0.25, 0.3) is 0 Å². The van der Waals surface area contributed by atoms with Gasteiger partial charge in [-0.25, -0.2) is 0 Å². The van der Waals surface area contributed by atoms with Crippen LogP contribution >= 0.6 is 11.6 Å². The van der Waals surface area contributed by atoms with Crippen LogP contribution in [0.15, 0.2) is 91.0 Å². The molecule has 0 bridgehead atoms. The van der Waals surface area contributed by atoms with Crippen LogP contribution in [0.2, 0.25) is 5.02 Å². The smallest absolute Gasteiger partial charge is 0.177 e. The zero-order valence-corrected chi connectivity index (χ0v) is 26.2. The quantitative estimate of drug-likeness (QED) is 0.156. The van der Waals surface area contributed by atoms with Crippen LogP contribution in [0.4, 0.5) is 0 Å². The molecule has 6 nitrogen and oxygen atoms in total. The van der Waals surface area contributed by atoms with Crippen molar-refractivity contribution in [2.45, 2.75) is 71.2 Å². The summed E-state index contributed by atoms with van der Waals surface area (Å²) in [6.07, 6.45) is -0.633. The van der Waals surface area contributed by atoms with Gasteiger partial charge in [-0.3, -0.25) is 0 Å². The number of phenols is 2. The highest BCUT2D eigenvalue weighted by Crippen LogP contribution is 2.48. The predicted octanol–water partition coefficient (Wildman–Crippen LogP) is 8.40. The lowest BCUT2D eigenvalue weighted by atomic mass is 9.83. The van der Waals surface area contributed by atoms with Crippen molar-refractivity contribution in [3.63, 3.8) is 0 Å². The standard InChI is InChI=1S/C37H41ClO6/c1-4-31-24(3)35(42-22-26-12-8-6-9-13-26)37(43-23-27-14-10-7-11-15-27)36(44-31)30-21-28(32(38)34(40)33(30)39)20-25-16-18-29(19-17-25)41-5-2/h6-19,21,24,31,35-37,39-40H,4-5,20,22-23H2,1-3H3/t24-,31-,35+,36+,37-/m1/s1. The maximum Gasteiger partial charge on any atom is 0.177 e. The van der Waals surface area contributed by atoms with Crippen molar-refractivity contribution in [3.8, 4) is 17.2 Å². The van der Waals surface area contributed by atoms with Crippen LogP contribution in [0.1, 0.15) is 61.1 Å². The van der Waals surface area contributed by atoms with Crippen molar-refractivity contribution < 1.29 is 29.2 Å². The average molecular weight is 617 g/mol. The fourth-order valence-electron chi connectivity index (χ4n) is 5.90. The van der Waals surface area contributed by atoms with Gasteiger partial charge in [-0.05, 0) is 60.2 Å². The van der Waals surface area contributed by atoms with E-state index in [-0.39, 0.29) is 34.6 Å². The number of rotatable bonds is 12. The van der Waals surface area contributed by atoms with Crippen LogP contribution < -0.4 is 4.74 Å². The summed E-state index contributed by atoms with van der Waals surface area (Å²) in [7, 11) is 0.